The van der Waals surface area contributed by atoms with E-state index in [1.54, 1.807) is 0 Å². The molecule has 0 aromatic heterocycles. The van der Waals surface area contributed by atoms with Crippen LogP contribution in [0.5, 0.6) is 11.5 Å². The average molecular weight is 416 g/mol. The summed E-state index contributed by atoms with van der Waals surface area (Å²) in [6.07, 6.45) is 1.87. The van der Waals surface area contributed by atoms with Gasteiger partial charge in [-0.15, -0.1) is 0 Å². The largest absolute Gasteiger partial charge is 0.494 e. The molecule has 4 aromatic carbocycles. The van der Waals surface area contributed by atoms with E-state index in [1.807, 2.05) is 79.9 Å². The van der Waals surface area contributed by atoms with Crippen LogP contribution >= 0.6 is 11.6 Å². The van der Waals surface area contributed by atoms with Crippen LogP contribution in [-0.2, 0) is 6.61 Å². The van der Waals surface area contributed by atoms with E-state index < -0.39 is 0 Å². The van der Waals surface area contributed by atoms with Crippen LogP contribution in [0.2, 0.25) is 5.02 Å². The fraction of sp³-hybridized carbons (Fsp3) is 0.115. The number of fused-ring (bicyclic) bond motifs is 1. The molecular weight excluding hydrogens is 394 g/mol. The van der Waals surface area contributed by atoms with E-state index in [0.29, 0.717) is 18.2 Å². The summed E-state index contributed by atoms with van der Waals surface area (Å²) in [4.78, 5) is 4.68. The predicted molar refractivity (Wildman–Crippen MR) is 125 cm³/mol. The Hall–Kier alpha value is -3.30. The molecule has 0 aliphatic carbocycles. The van der Waals surface area contributed by atoms with Crippen molar-refractivity contribution in [2.45, 2.75) is 13.5 Å². The van der Waals surface area contributed by atoms with Gasteiger partial charge in [-0.3, -0.25) is 4.99 Å². The Morgan fingerprint density at radius 2 is 1.70 bits per heavy atom. The molecule has 0 heterocycles. The van der Waals surface area contributed by atoms with Gasteiger partial charge in [0, 0.05) is 16.8 Å². The third-order valence-corrected chi connectivity index (χ3v) is 4.94. The summed E-state index contributed by atoms with van der Waals surface area (Å²) < 4.78 is 11.7. The fourth-order valence-corrected chi connectivity index (χ4v) is 3.47. The number of halogens is 1. The summed E-state index contributed by atoms with van der Waals surface area (Å²) in [5.41, 5.74) is 2.82. The van der Waals surface area contributed by atoms with E-state index in [4.69, 9.17) is 21.1 Å². The molecular formula is C26H22ClNO2. The van der Waals surface area contributed by atoms with Crippen LogP contribution in [0, 0.1) is 0 Å². The number of aliphatic imine (C=N–C) groups is 1. The van der Waals surface area contributed by atoms with Gasteiger partial charge in [0.25, 0.3) is 0 Å². The topological polar surface area (TPSA) is 30.8 Å². The molecule has 4 heteroatoms. The second-order valence-corrected chi connectivity index (χ2v) is 7.24. The van der Waals surface area contributed by atoms with Gasteiger partial charge in [0.15, 0.2) is 0 Å². The summed E-state index contributed by atoms with van der Waals surface area (Å²) in [5, 5.41) is 2.93. The van der Waals surface area contributed by atoms with Crippen molar-refractivity contribution in [2.24, 2.45) is 4.99 Å². The van der Waals surface area contributed by atoms with E-state index in [-0.39, 0.29) is 0 Å². The molecule has 0 radical (unpaired) electrons. The van der Waals surface area contributed by atoms with Crippen LogP contribution in [0.15, 0.2) is 89.9 Å². The molecule has 0 bridgehead atoms. The summed E-state index contributed by atoms with van der Waals surface area (Å²) >= 11 is 6.10. The zero-order chi connectivity index (χ0) is 20.8. The van der Waals surface area contributed by atoms with E-state index in [1.165, 1.54) is 0 Å². The van der Waals surface area contributed by atoms with Gasteiger partial charge in [-0.05, 0) is 65.7 Å². The van der Waals surface area contributed by atoms with E-state index in [2.05, 4.69) is 23.2 Å². The quantitative estimate of drug-likeness (QED) is 0.298. The molecule has 0 saturated carbocycles. The molecule has 0 N–H and O–H groups in total. The third kappa shape index (κ3) is 4.81. The van der Waals surface area contributed by atoms with Crippen molar-refractivity contribution in [2.75, 3.05) is 6.61 Å². The summed E-state index contributed by atoms with van der Waals surface area (Å²) in [6.45, 7) is 3.05. The molecule has 0 atom stereocenters. The van der Waals surface area contributed by atoms with Gasteiger partial charge in [-0.25, -0.2) is 0 Å². The van der Waals surface area contributed by atoms with Crippen molar-refractivity contribution in [3.63, 3.8) is 0 Å². The first kappa shape index (κ1) is 20.0. The van der Waals surface area contributed by atoms with Crippen molar-refractivity contribution in [1.82, 2.24) is 0 Å². The smallest absolute Gasteiger partial charge is 0.129 e. The van der Waals surface area contributed by atoms with Gasteiger partial charge in [0.1, 0.15) is 18.1 Å². The molecule has 0 aliphatic rings. The van der Waals surface area contributed by atoms with Crippen molar-refractivity contribution >= 4 is 34.3 Å². The number of hydrogen-bond acceptors (Lipinski definition) is 3. The lowest BCUT2D eigenvalue weighted by Crippen LogP contribution is -1.99. The van der Waals surface area contributed by atoms with E-state index in [9.17, 15) is 0 Å². The highest BCUT2D eigenvalue weighted by atomic mass is 35.5. The van der Waals surface area contributed by atoms with E-state index >= 15 is 0 Å². The maximum Gasteiger partial charge on any atom is 0.129 e. The zero-order valence-corrected chi connectivity index (χ0v) is 17.5. The second-order valence-electron chi connectivity index (χ2n) is 6.80. The van der Waals surface area contributed by atoms with Gasteiger partial charge >= 0.3 is 0 Å². The normalized spacial score (nSPS) is 11.1. The zero-order valence-electron chi connectivity index (χ0n) is 16.7. The number of rotatable bonds is 7. The van der Waals surface area contributed by atoms with Crippen LogP contribution < -0.4 is 9.47 Å². The highest BCUT2D eigenvalue weighted by Crippen LogP contribution is 2.28. The van der Waals surface area contributed by atoms with Gasteiger partial charge in [-0.1, -0.05) is 54.1 Å². The minimum Gasteiger partial charge on any atom is -0.494 e. The first-order valence-corrected chi connectivity index (χ1v) is 10.3. The number of hydrogen-bond donors (Lipinski definition) is 0. The van der Waals surface area contributed by atoms with Crippen LogP contribution in [0.25, 0.3) is 10.8 Å². The Kier molecular flexibility index (Phi) is 6.31. The number of benzene rings is 4. The van der Waals surface area contributed by atoms with Crippen LogP contribution in [0.1, 0.15) is 18.1 Å². The second kappa shape index (κ2) is 9.47. The summed E-state index contributed by atoms with van der Waals surface area (Å²) in [7, 11) is 0. The predicted octanol–water partition coefficient (Wildman–Crippen LogP) is 7.22. The fourth-order valence-electron chi connectivity index (χ4n) is 3.26. The van der Waals surface area contributed by atoms with E-state index in [0.717, 1.165) is 39.1 Å². The Labute approximate surface area is 181 Å². The van der Waals surface area contributed by atoms with Gasteiger partial charge in [0.2, 0.25) is 0 Å². The Bertz CT molecular complexity index is 1170. The standard InChI is InChI=1S/C26H22ClNO2/c1-2-29-23-13-11-22(12-14-23)28-17-25-24-9-4-3-7-20(24)10-15-26(25)30-18-19-6-5-8-21(27)16-19/h3-17H,2,18H2,1H3. The first-order valence-electron chi connectivity index (χ1n) is 9.89. The average Bonchev–Trinajstić information content (AvgIpc) is 2.77. The van der Waals surface area contributed by atoms with Crippen molar-refractivity contribution in [1.29, 1.82) is 0 Å². The monoisotopic (exact) mass is 415 g/mol. The van der Waals surface area contributed by atoms with Gasteiger partial charge in [-0.2, -0.15) is 0 Å². The highest BCUT2D eigenvalue weighted by molar-refractivity contribution is 6.30. The molecule has 4 aromatic rings. The first-order chi connectivity index (χ1) is 14.7. The van der Waals surface area contributed by atoms with Crippen LogP contribution in [0.4, 0.5) is 5.69 Å². The lowest BCUT2D eigenvalue weighted by atomic mass is 10.0. The molecule has 0 amide bonds. The SMILES string of the molecule is CCOc1ccc(N=Cc2c(OCc3cccc(Cl)c3)ccc3ccccc23)cc1. The van der Waals surface area contributed by atoms with Crippen molar-refractivity contribution in [3.05, 3.63) is 101 Å². The van der Waals surface area contributed by atoms with Gasteiger partial charge < -0.3 is 9.47 Å². The lowest BCUT2D eigenvalue weighted by Gasteiger charge is -2.12. The van der Waals surface area contributed by atoms with Crippen LogP contribution in [0.3, 0.4) is 0 Å². The maximum absolute atomic E-state index is 6.16. The molecule has 0 fully saturated rings. The van der Waals surface area contributed by atoms with Gasteiger partial charge in [0.05, 0.1) is 12.3 Å². The van der Waals surface area contributed by atoms with Crippen molar-refractivity contribution in [3.8, 4) is 11.5 Å². The molecule has 0 spiro atoms. The minimum absolute atomic E-state index is 0.433. The maximum atomic E-state index is 6.16. The summed E-state index contributed by atoms with van der Waals surface area (Å²) in [6, 6.07) is 27.7. The Morgan fingerprint density at radius 3 is 2.50 bits per heavy atom. The Morgan fingerprint density at radius 1 is 0.867 bits per heavy atom. The molecule has 0 aliphatic heterocycles. The lowest BCUT2D eigenvalue weighted by molar-refractivity contribution is 0.306. The molecule has 4 rings (SSSR count). The van der Waals surface area contributed by atoms with Crippen molar-refractivity contribution < 1.29 is 9.47 Å². The highest BCUT2D eigenvalue weighted by Gasteiger charge is 2.08. The molecule has 0 saturated heterocycles. The molecule has 30 heavy (non-hydrogen) atoms. The number of ether oxygens (including phenoxy) is 2. The molecule has 3 nitrogen and oxygen atoms in total. The minimum atomic E-state index is 0.433. The van der Waals surface area contributed by atoms with Crippen LogP contribution in [-0.4, -0.2) is 12.8 Å². The third-order valence-electron chi connectivity index (χ3n) is 4.70. The summed E-state index contributed by atoms with van der Waals surface area (Å²) in [5.74, 6) is 1.62. The Balaban J connectivity index is 1.64. The molecule has 0 unspecified atom stereocenters. The number of nitrogens with zero attached hydrogens (tertiary/aromatic N) is 1. The molecule has 150 valence electrons.